The van der Waals surface area contributed by atoms with E-state index >= 15 is 0 Å². The highest BCUT2D eigenvalue weighted by molar-refractivity contribution is 6.74. The van der Waals surface area contributed by atoms with Gasteiger partial charge in [0.15, 0.2) is 8.32 Å². The second kappa shape index (κ2) is 8.23. The highest BCUT2D eigenvalue weighted by atomic mass is 28.4. The van der Waals surface area contributed by atoms with Crippen molar-refractivity contribution in [3.63, 3.8) is 0 Å². The Labute approximate surface area is 192 Å². The molecule has 0 amide bonds. The molecule has 0 N–H and O–H groups in total. The van der Waals surface area contributed by atoms with Crippen LogP contribution in [0.1, 0.15) is 92.4 Å². The Balaban J connectivity index is 1.45. The van der Waals surface area contributed by atoms with Crippen molar-refractivity contribution < 1.29 is 14.0 Å². The number of aldehydes is 1. The average molecular weight is 449 g/mol. The predicted molar refractivity (Wildman–Crippen MR) is 130 cm³/mol. The number of rotatable bonds is 5. The summed E-state index contributed by atoms with van der Waals surface area (Å²) in [6.07, 6.45) is 13.5. The molecule has 0 unspecified atom stereocenters. The fraction of sp³-hybridized carbons (Fsp3) is 0.963. The third kappa shape index (κ3) is 4.01. The minimum Gasteiger partial charge on any atom is -0.414 e. The molecule has 8 atom stereocenters. The van der Waals surface area contributed by atoms with Gasteiger partial charge in [0.2, 0.25) is 0 Å². The van der Waals surface area contributed by atoms with E-state index in [1.165, 1.54) is 51.4 Å². The molecule has 4 aliphatic carbocycles. The molecular formula is C27H48O3Si. The Kier molecular flexibility index (Phi) is 6.36. The van der Waals surface area contributed by atoms with E-state index in [1.54, 1.807) is 0 Å². The predicted octanol–water partition coefficient (Wildman–Crippen LogP) is 7.00. The van der Waals surface area contributed by atoms with Crippen molar-refractivity contribution in [2.24, 2.45) is 34.5 Å². The molecule has 31 heavy (non-hydrogen) atoms. The van der Waals surface area contributed by atoms with Crippen LogP contribution in [0.4, 0.5) is 0 Å². The van der Waals surface area contributed by atoms with E-state index < -0.39 is 8.32 Å². The lowest BCUT2D eigenvalue weighted by Gasteiger charge is -2.61. The molecule has 0 spiro atoms. The maximum atomic E-state index is 10.9. The lowest BCUT2D eigenvalue weighted by Crippen LogP contribution is -2.55. The van der Waals surface area contributed by atoms with Crippen molar-refractivity contribution >= 4 is 14.6 Å². The number of ether oxygens (including phenoxy) is 1. The van der Waals surface area contributed by atoms with Crippen LogP contribution in [0.25, 0.3) is 0 Å². The summed E-state index contributed by atoms with van der Waals surface area (Å²) in [5.74, 6) is 3.37. The van der Waals surface area contributed by atoms with E-state index in [2.05, 4.69) is 47.7 Å². The molecule has 0 aromatic rings. The maximum absolute atomic E-state index is 10.9. The van der Waals surface area contributed by atoms with Crippen LogP contribution in [0, 0.1) is 34.5 Å². The fourth-order valence-corrected chi connectivity index (χ4v) is 9.70. The van der Waals surface area contributed by atoms with Crippen molar-refractivity contribution in [1.29, 1.82) is 0 Å². The Morgan fingerprint density at radius 1 is 0.935 bits per heavy atom. The summed E-state index contributed by atoms with van der Waals surface area (Å²) in [5, 5.41) is 0.296. The summed E-state index contributed by atoms with van der Waals surface area (Å²) >= 11 is 0. The number of fused-ring (bicyclic) bond motifs is 5. The molecule has 0 heterocycles. The zero-order valence-corrected chi connectivity index (χ0v) is 22.3. The Hall–Kier alpha value is -0.193. The molecule has 4 heteroatoms. The van der Waals surface area contributed by atoms with Crippen molar-refractivity contribution in [2.75, 3.05) is 6.61 Å². The minimum atomic E-state index is -1.69. The van der Waals surface area contributed by atoms with Crippen LogP contribution in [-0.4, -0.2) is 33.4 Å². The van der Waals surface area contributed by atoms with Crippen LogP contribution < -0.4 is 0 Å². The highest BCUT2D eigenvalue weighted by Crippen LogP contribution is 2.66. The van der Waals surface area contributed by atoms with Gasteiger partial charge in [-0.2, -0.15) is 0 Å². The number of hydrogen-bond donors (Lipinski definition) is 0. The molecule has 0 aromatic carbocycles. The van der Waals surface area contributed by atoms with Gasteiger partial charge in [-0.3, -0.25) is 0 Å². The van der Waals surface area contributed by atoms with E-state index in [0.717, 1.165) is 36.4 Å². The summed E-state index contributed by atoms with van der Waals surface area (Å²) in [5.41, 5.74) is 0.787. The lowest BCUT2D eigenvalue weighted by molar-refractivity contribution is -0.142. The van der Waals surface area contributed by atoms with E-state index in [9.17, 15) is 4.79 Å². The van der Waals surface area contributed by atoms with Crippen LogP contribution in [0.15, 0.2) is 0 Å². The lowest BCUT2D eigenvalue weighted by atomic mass is 9.45. The van der Waals surface area contributed by atoms with Gasteiger partial charge in [-0.15, -0.1) is 0 Å². The van der Waals surface area contributed by atoms with Gasteiger partial charge in [0.25, 0.3) is 0 Å². The van der Waals surface area contributed by atoms with Gasteiger partial charge in [0.05, 0.1) is 6.10 Å². The van der Waals surface area contributed by atoms with Crippen LogP contribution in [-0.2, 0) is 14.0 Å². The SMILES string of the molecule is CC(C)(C)[Si](C)(C)O[C@H]1CC[C@@]2(C)[C@@H](CC[C@@H]3[C@@H]2CC[C@]2(C)[C@@H](OCC=O)CC[C@@H]32)C1. The molecule has 4 aliphatic rings. The average Bonchev–Trinajstić information content (AvgIpc) is 3.02. The molecule has 0 aromatic heterocycles. The first kappa shape index (κ1) is 23.9. The Morgan fingerprint density at radius 2 is 1.61 bits per heavy atom. The molecule has 4 fully saturated rings. The third-order valence-electron chi connectivity index (χ3n) is 11.2. The highest BCUT2D eigenvalue weighted by Gasteiger charge is 2.60. The smallest absolute Gasteiger partial charge is 0.192 e. The summed E-state index contributed by atoms with van der Waals surface area (Å²) in [7, 11) is -1.69. The molecule has 4 rings (SSSR count). The third-order valence-corrected chi connectivity index (χ3v) is 15.7. The quantitative estimate of drug-likeness (QED) is 0.335. The van der Waals surface area contributed by atoms with Crippen molar-refractivity contribution in [3.8, 4) is 0 Å². The summed E-state index contributed by atoms with van der Waals surface area (Å²) < 4.78 is 12.9. The van der Waals surface area contributed by atoms with Gasteiger partial charge in [0, 0.05) is 6.10 Å². The molecule has 0 radical (unpaired) electrons. The van der Waals surface area contributed by atoms with Gasteiger partial charge in [0.1, 0.15) is 12.9 Å². The van der Waals surface area contributed by atoms with Crippen LogP contribution in [0.2, 0.25) is 18.1 Å². The summed E-state index contributed by atoms with van der Waals surface area (Å²) in [6.45, 7) is 17.3. The Bertz CT molecular complexity index is 670. The molecule has 0 aliphatic heterocycles. The second-order valence-electron chi connectivity index (χ2n) is 13.5. The first-order chi connectivity index (χ1) is 14.4. The zero-order valence-electron chi connectivity index (χ0n) is 21.3. The Morgan fingerprint density at radius 3 is 2.29 bits per heavy atom. The van der Waals surface area contributed by atoms with E-state index in [-0.39, 0.29) is 12.0 Å². The van der Waals surface area contributed by atoms with E-state index in [1.807, 2.05) is 0 Å². The number of carbonyl (C=O) groups is 1. The minimum absolute atomic E-state index is 0.274. The summed E-state index contributed by atoms with van der Waals surface area (Å²) in [6, 6.07) is 0. The van der Waals surface area contributed by atoms with Crippen LogP contribution in [0.3, 0.4) is 0 Å². The van der Waals surface area contributed by atoms with Gasteiger partial charge in [-0.05, 0) is 110 Å². The van der Waals surface area contributed by atoms with Gasteiger partial charge >= 0.3 is 0 Å². The topological polar surface area (TPSA) is 35.5 Å². The molecule has 4 saturated carbocycles. The van der Waals surface area contributed by atoms with Crippen molar-refractivity contribution in [1.82, 2.24) is 0 Å². The molecule has 3 nitrogen and oxygen atoms in total. The summed E-state index contributed by atoms with van der Waals surface area (Å²) in [4.78, 5) is 10.9. The van der Waals surface area contributed by atoms with E-state index in [4.69, 9.17) is 9.16 Å². The number of carbonyl (C=O) groups excluding carboxylic acids is 1. The largest absolute Gasteiger partial charge is 0.414 e. The monoisotopic (exact) mass is 448 g/mol. The van der Waals surface area contributed by atoms with Crippen molar-refractivity contribution in [2.45, 2.75) is 123 Å². The van der Waals surface area contributed by atoms with Gasteiger partial charge < -0.3 is 14.0 Å². The van der Waals surface area contributed by atoms with Gasteiger partial charge in [-0.1, -0.05) is 34.6 Å². The van der Waals surface area contributed by atoms with E-state index in [0.29, 0.717) is 22.7 Å². The van der Waals surface area contributed by atoms with Crippen LogP contribution >= 0.6 is 0 Å². The molecule has 178 valence electrons. The molecular weight excluding hydrogens is 400 g/mol. The maximum Gasteiger partial charge on any atom is 0.192 e. The van der Waals surface area contributed by atoms with Crippen LogP contribution in [0.5, 0.6) is 0 Å². The number of hydrogen-bond acceptors (Lipinski definition) is 3. The molecule has 0 saturated heterocycles. The standard InChI is InChI=1S/C27H48O3Si/c1-25(2,3)31(6,7)30-20-12-14-26(4)19(18-20)8-9-21-22-10-11-24(29-17-16-28)27(22,5)15-13-23(21)26/h16,19-24H,8-15,17-18H2,1-7H3/t19-,20-,21-,22-,23-,24-,26-,27-/m0/s1. The fourth-order valence-electron chi connectivity index (χ4n) is 8.30. The zero-order chi connectivity index (χ0) is 22.7. The first-order valence-corrected chi connectivity index (χ1v) is 16.1. The van der Waals surface area contributed by atoms with Gasteiger partial charge in [-0.25, -0.2) is 0 Å². The second-order valence-corrected chi connectivity index (χ2v) is 18.3. The normalized spacial score (nSPS) is 45.5. The van der Waals surface area contributed by atoms with Crippen molar-refractivity contribution in [3.05, 3.63) is 0 Å². The first-order valence-electron chi connectivity index (χ1n) is 13.2. The molecule has 0 bridgehead atoms.